The van der Waals surface area contributed by atoms with E-state index in [1.165, 1.54) is 37.3 Å². The number of benzene rings is 1. The zero-order valence-electron chi connectivity index (χ0n) is 13.5. The molecule has 0 fully saturated rings. The van der Waals surface area contributed by atoms with E-state index >= 15 is 0 Å². The number of nitrogens with one attached hydrogen (secondary N) is 2. The van der Waals surface area contributed by atoms with E-state index in [0.29, 0.717) is 18.7 Å². The molecule has 0 unspecified atom stereocenters. The summed E-state index contributed by atoms with van der Waals surface area (Å²) < 4.78 is 34.3. The fourth-order valence-corrected chi connectivity index (χ4v) is 1.75. The number of rotatable bonds is 9. The molecule has 0 radical (unpaired) electrons. The van der Waals surface area contributed by atoms with Crippen LogP contribution in [0.25, 0.3) is 6.08 Å². The van der Waals surface area contributed by atoms with Crippen LogP contribution in [0.15, 0.2) is 24.3 Å². The van der Waals surface area contributed by atoms with Gasteiger partial charge in [0, 0.05) is 26.1 Å². The highest BCUT2D eigenvalue weighted by atomic mass is 19.3. The van der Waals surface area contributed by atoms with E-state index < -0.39 is 6.61 Å². The van der Waals surface area contributed by atoms with Gasteiger partial charge in [-0.15, -0.1) is 0 Å². The lowest BCUT2D eigenvalue weighted by Crippen LogP contribution is -2.32. The molecule has 0 heterocycles. The number of amides is 2. The first kappa shape index (κ1) is 19.4. The summed E-state index contributed by atoms with van der Waals surface area (Å²) in [5.74, 6) is -0.407. The van der Waals surface area contributed by atoms with E-state index in [9.17, 15) is 18.4 Å². The Labute approximate surface area is 138 Å². The topological polar surface area (TPSA) is 76.7 Å². The highest BCUT2D eigenvalue weighted by molar-refractivity contribution is 5.91. The van der Waals surface area contributed by atoms with E-state index in [2.05, 4.69) is 15.4 Å². The van der Waals surface area contributed by atoms with Gasteiger partial charge in [0.15, 0.2) is 11.5 Å². The molecular formula is C16H20F2N2O4. The number of halogens is 2. The Bertz CT molecular complexity index is 591. The number of carbonyl (C=O) groups excluding carboxylic acids is 2. The predicted molar refractivity (Wildman–Crippen MR) is 85.0 cm³/mol. The number of ether oxygens (including phenoxy) is 2. The molecule has 0 aromatic heterocycles. The first-order valence-electron chi connectivity index (χ1n) is 7.34. The zero-order chi connectivity index (χ0) is 17.9. The number of hydrogen-bond donors (Lipinski definition) is 2. The number of alkyl halides is 2. The molecule has 0 atom stereocenters. The first-order chi connectivity index (χ1) is 11.4. The third-order valence-corrected chi connectivity index (χ3v) is 2.71. The van der Waals surface area contributed by atoms with Gasteiger partial charge < -0.3 is 20.1 Å². The summed E-state index contributed by atoms with van der Waals surface area (Å²) in [4.78, 5) is 22.3. The largest absolute Gasteiger partial charge is 0.490 e. The lowest BCUT2D eigenvalue weighted by molar-refractivity contribution is -0.119. The molecule has 0 bridgehead atoms. The van der Waals surface area contributed by atoms with Gasteiger partial charge in [0.05, 0.1) is 6.61 Å². The van der Waals surface area contributed by atoms with Crippen LogP contribution in [-0.4, -0.2) is 38.1 Å². The third kappa shape index (κ3) is 7.57. The second-order valence-electron chi connectivity index (χ2n) is 4.63. The Morgan fingerprint density at radius 1 is 1.21 bits per heavy atom. The number of carbonyl (C=O) groups is 2. The molecule has 132 valence electrons. The van der Waals surface area contributed by atoms with Crippen molar-refractivity contribution in [3.63, 3.8) is 0 Å². The molecule has 1 aromatic carbocycles. The molecule has 1 rings (SSSR count). The summed E-state index contributed by atoms with van der Waals surface area (Å²) in [6.07, 6.45) is 2.81. The minimum atomic E-state index is -2.94. The molecule has 0 saturated heterocycles. The molecule has 0 spiro atoms. The van der Waals surface area contributed by atoms with E-state index in [4.69, 9.17) is 4.74 Å². The number of hydrogen-bond acceptors (Lipinski definition) is 4. The maximum atomic E-state index is 12.3. The standard InChI is InChI=1S/C16H20F2N2O4/c1-3-23-14-10-12(4-6-13(14)24-16(17)18)5-7-15(22)20-9-8-19-11(2)21/h4-7,10,16H,3,8-9H2,1-2H3,(H,19,21)(H,20,22). The summed E-state index contributed by atoms with van der Waals surface area (Å²) in [6, 6.07) is 4.38. The molecule has 0 aliphatic carbocycles. The minimum absolute atomic E-state index is 0.0660. The molecule has 0 aliphatic heterocycles. The van der Waals surface area contributed by atoms with Crippen molar-refractivity contribution in [3.8, 4) is 11.5 Å². The van der Waals surface area contributed by atoms with Gasteiger partial charge in [0.1, 0.15) is 0 Å². The predicted octanol–water partition coefficient (Wildman–Crippen LogP) is 1.95. The Balaban J connectivity index is 2.64. The monoisotopic (exact) mass is 342 g/mol. The Kier molecular flexibility index (Phi) is 8.24. The second kappa shape index (κ2) is 10.2. The smallest absolute Gasteiger partial charge is 0.387 e. The van der Waals surface area contributed by atoms with Crippen molar-refractivity contribution in [2.24, 2.45) is 0 Å². The van der Waals surface area contributed by atoms with Crippen molar-refractivity contribution in [1.82, 2.24) is 10.6 Å². The van der Waals surface area contributed by atoms with Crippen molar-refractivity contribution < 1.29 is 27.8 Å². The van der Waals surface area contributed by atoms with Crippen LogP contribution in [0.5, 0.6) is 11.5 Å². The summed E-state index contributed by atoms with van der Waals surface area (Å²) >= 11 is 0. The molecule has 2 N–H and O–H groups in total. The minimum Gasteiger partial charge on any atom is -0.490 e. The van der Waals surface area contributed by atoms with Gasteiger partial charge in [0.25, 0.3) is 0 Å². The van der Waals surface area contributed by atoms with Crippen LogP contribution in [0.1, 0.15) is 19.4 Å². The lowest BCUT2D eigenvalue weighted by Gasteiger charge is -2.11. The van der Waals surface area contributed by atoms with Gasteiger partial charge in [0.2, 0.25) is 11.8 Å². The maximum absolute atomic E-state index is 12.3. The molecule has 0 aliphatic rings. The van der Waals surface area contributed by atoms with E-state index in [1.54, 1.807) is 6.92 Å². The Morgan fingerprint density at radius 2 is 1.92 bits per heavy atom. The van der Waals surface area contributed by atoms with Gasteiger partial charge in [-0.05, 0) is 30.7 Å². The Hall–Kier alpha value is -2.64. The average Bonchev–Trinajstić information content (AvgIpc) is 2.51. The summed E-state index contributed by atoms with van der Waals surface area (Å²) in [7, 11) is 0. The lowest BCUT2D eigenvalue weighted by atomic mass is 10.2. The van der Waals surface area contributed by atoms with Gasteiger partial charge in [-0.1, -0.05) is 6.07 Å². The molecule has 6 nitrogen and oxygen atoms in total. The van der Waals surface area contributed by atoms with Crippen molar-refractivity contribution >= 4 is 17.9 Å². The van der Waals surface area contributed by atoms with Crippen LogP contribution in [0, 0.1) is 0 Å². The molecule has 2 amide bonds. The van der Waals surface area contributed by atoms with E-state index in [-0.39, 0.29) is 29.9 Å². The van der Waals surface area contributed by atoms with Crippen LogP contribution in [-0.2, 0) is 9.59 Å². The molecular weight excluding hydrogens is 322 g/mol. The first-order valence-corrected chi connectivity index (χ1v) is 7.34. The van der Waals surface area contributed by atoms with Crippen LogP contribution >= 0.6 is 0 Å². The van der Waals surface area contributed by atoms with Gasteiger partial charge in [-0.3, -0.25) is 9.59 Å². The van der Waals surface area contributed by atoms with Gasteiger partial charge in [-0.25, -0.2) is 0 Å². The normalized spacial score (nSPS) is 10.7. The zero-order valence-corrected chi connectivity index (χ0v) is 13.5. The Morgan fingerprint density at radius 3 is 2.54 bits per heavy atom. The van der Waals surface area contributed by atoms with E-state index in [0.717, 1.165) is 0 Å². The summed E-state index contributed by atoms with van der Waals surface area (Å²) in [5.41, 5.74) is 0.595. The van der Waals surface area contributed by atoms with Crippen molar-refractivity contribution in [2.75, 3.05) is 19.7 Å². The average molecular weight is 342 g/mol. The maximum Gasteiger partial charge on any atom is 0.387 e. The van der Waals surface area contributed by atoms with Gasteiger partial charge in [-0.2, -0.15) is 8.78 Å². The van der Waals surface area contributed by atoms with Crippen molar-refractivity contribution in [1.29, 1.82) is 0 Å². The summed E-state index contributed by atoms with van der Waals surface area (Å²) in [5, 5.41) is 5.14. The SMILES string of the molecule is CCOc1cc(C=CC(=O)NCCNC(C)=O)ccc1OC(F)F. The molecule has 1 aromatic rings. The fraction of sp³-hybridized carbons (Fsp3) is 0.375. The molecule has 8 heteroatoms. The summed E-state index contributed by atoms with van der Waals surface area (Å²) in [6.45, 7) is 1.09. The highest BCUT2D eigenvalue weighted by Gasteiger charge is 2.11. The molecule has 0 saturated carbocycles. The van der Waals surface area contributed by atoms with E-state index in [1.807, 2.05) is 0 Å². The third-order valence-electron chi connectivity index (χ3n) is 2.71. The van der Waals surface area contributed by atoms with Crippen LogP contribution < -0.4 is 20.1 Å². The highest BCUT2D eigenvalue weighted by Crippen LogP contribution is 2.30. The second-order valence-corrected chi connectivity index (χ2v) is 4.63. The van der Waals surface area contributed by atoms with Crippen LogP contribution in [0.4, 0.5) is 8.78 Å². The van der Waals surface area contributed by atoms with Crippen LogP contribution in [0.3, 0.4) is 0 Å². The van der Waals surface area contributed by atoms with Crippen molar-refractivity contribution in [2.45, 2.75) is 20.5 Å². The fourth-order valence-electron chi connectivity index (χ4n) is 1.75. The van der Waals surface area contributed by atoms with Crippen molar-refractivity contribution in [3.05, 3.63) is 29.8 Å². The quantitative estimate of drug-likeness (QED) is 0.531. The van der Waals surface area contributed by atoms with Crippen LogP contribution in [0.2, 0.25) is 0 Å². The molecule has 24 heavy (non-hydrogen) atoms. The van der Waals surface area contributed by atoms with Gasteiger partial charge >= 0.3 is 6.61 Å².